The Morgan fingerprint density at radius 3 is 2.79 bits per heavy atom. The third-order valence-corrected chi connectivity index (χ3v) is 5.17. The fourth-order valence-electron chi connectivity index (χ4n) is 2.02. The molecule has 1 saturated carbocycles. The van der Waals surface area contributed by atoms with Crippen LogP contribution in [0.15, 0.2) is 4.34 Å². The van der Waals surface area contributed by atoms with Gasteiger partial charge in [0.15, 0.2) is 4.34 Å². The SMILES string of the molecule is Cc1nnc(SC(C)CC(C)(NC2CC2)C(N)=O)s1. The van der Waals surface area contributed by atoms with E-state index in [1.165, 1.54) is 0 Å². The number of aryl methyl sites for hydroxylation is 1. The highest BCUT2D eigenvalue weighted by Gasteiger charge is 2.38. The van der Waals surface area contributed by atoms with Crippen molar-refractivity contribution < 1.29 is 4.79 Å². The number of hydrogen-bond donors (Lipinski definition) is 2. The van der Waals surface area contributed by atoms with E-state index >= 15 is 0 Å². The second-order valence-electron chi connectivity index (χ2n) is 5.33. The number of carbonyl (C=O) groups excluding carboxylic acids is 1. The standard InChI is InChI=1S/C12H20N4OS2/c1-7(18-11-16-15-8(2)19-11)6-12(3,10(13)17)14-9-4-5-9/h7,9,14H,4-6H2,1-3H3,(H2,13,17). The quantitative estimate of drug-likeness (QED) is 0.749. The Kier molecular flexibility index (Phi) is 4.47. The fourth-order valence-corrected chi connectivity index (χ4v) is 4.34. The van der Waals surface area contributed by atoms with Gasteiger partial charge in [-0.15, -0.1) is 10.2 Å². The van der Waals surface area contributed by atoms with Crippen LogP contribution < -0.4 is 11.1 Å². The number of carbonyl (C=O) groups is 1. The number of nitrogens with two attached hydrogens (primary N) is 1. The third kappa shape index (κ3) is 4.15. The predicted octanol–water partition coefficient (Wildman–Crippen LogP) is 1.71. The van der Waals surface area contributed by atoms with Crippen molar-refractivity contribution in [1.82, 2.24) is 15.5 Å². The summed E-state index contributed by atoms with van der Waals surface area (Å²) < 4.78 is 0.947. The van der Waals surface area contributed by atoms with E-state index in [0.717, 1.165) is 22.2 Å². The van der Waals surface area contributed by atoms with E-state index < -0.39 is 5.54 Å². The normalized spacial score (nSPS) is 19.9. The highest BCUT2D eigenvalue weighted by molar-refractivity contribution is 8.01. The minimum absolute atomic E-state index is 0.260. The second-order valence-corrected chi connectivity index (χ2v) is 8.20. The largest absolute Gasteiger partial charge is 0.368 e. The maximum atomic E-state index is 11.7. The monoisotopic (exact) mass is 300 g/mol. The molecule has 2 atom stereocenters. The van der Waals surface area contributed by atoms with E-state index in [1.54, 1.807) is 23.1 Å². The summed E-state index contributed by atoms with van der Waals surface area (Å²) in [6, 6.07) is 0.457. The molecule has 5 nitrogen and oxygen atoms in total. The molecule has 1 heterocycles. The maximum absolute atomic E-state index is 11.7. The van der Waals surface area contributed by atoms with Crippen molar-refractivity contribution in [3.05, 3.63) is 5.01 Å². The van der Waals surface area contributed by atoms with Crippen LogP contribution in [0.2, 0.25) is 0 Å². The van der Waals surface area contributed by atoms with E-state index in [4.69, 9.17) is 5.73 Å². The molecule has 2 rings (SSSR count). The van der Waals surface area contributed by atoms with Crippen LogP contribution >= 0.6 is 23.1 Å². The van der Waals surface area contributed by atoms with Crippen LogP contribution in [0.1, 0.15) is 38.1 Å². The smallest absolute Gasteiger partial charge is 0.237 e. The van der Waals surface area contributed by atoms with Gasteiger partial charge in [-0.2, -0.15) is 0 Å². The van der Waals surface area contributed by atoms with Gasteiger partial charge in [0.1, 0.15) is 5.01 Å². The predicted molar refractivity (Wildman–Crippen MR) is 78.3 cm³/mol. The van der Waals surface area contributed by atoms with E-state index in [2.05, 4.69) is 22.4 Å². The van der Waals surface area contributed by atoms with Gasteiger partial charge in [-0.05, 0) is 33.1 Å². The average Bonchev–Trinajstić information content (AvgIpc) is 3.00. The molecule has 1 aliphatic rings. The molecule has 19 heavy (non-hydrogen) atoms. The lowest BCUT2D eigenvalue weighted by atomic mass is 9.95. The summed E-state index contributed by atoms with van der Waals surface area (Å²) in [5.74, 6) is -0.278. The summed E-state index contributed by atoms with van der Waals surface area (Å²) in [6.45, 7) is 5.93. The Morgan fingerprint density at radius 2 is 2.32 bits per heavy atom. The van der Waals surface area contributed by atoms with E-state index in [9.17, 15) is 4.79 Å². The molecule has 0 bridgehead atoms. The lowest BCUT2D eigenvalue weighted by Crippen LogP contribution is -2.55. The molecular weight excluding hydrogens is 280 g/mol. The topological polar surface area (TPSA) is 80.9 Å². The van der Waals surface area contributed by atoms with E-state index in [1.807, 2.05) is 13.8 Å². The summed E-state index contributed by atoms with van der Waals surface area (Å²) >= 11 is 3.23. The summed E-state index contributed by atoms with van der Waals surface area (Å²) in [4.78, 5) is 11.7. The molecule has 1 aromatic heterocycles. The number of rotatable bonds is 7. The molecule has 1 aromatic rings. The van der Waals surface area contributed by atoms with Gasteiger partial charge in [-0.3, -0.25) is 4.79 Å². The molecule has 0 aromatic carbocycles. The molecule has 1 fully saturated rings. The van der Waals surface area contributed by atoms with Gasteiger partial charge in [0.25, 0.3) is 0 Å². The van der Waals surface area contributed by atoms with Crippen molar-refractivity contribution in [3.63, 3.8) is 0 Å². The molecule has 0 radical (unpaired) electrons. The van der Waals surface area contributed by atoms with Gasteiger partial charge in [0.05, 0.1) is 5.54 Å². The Balaban J connectivity index is 1.94. The molecule has 7 heteroatoms. The molecule has 0 saturated heterocycles. The average molecular weight is 300 g/mol. The Morgan fingerprint density at radius 1 is 1.63 bits per heavy atom. The first-order valence-corrected chi connectivity index (χ1v) is 8.13. The van der Waals surface area contributed by atoms with Crippen LogP contribution in [0.25, 0.3) is 0 Å². The number of aromatic nitrogens is 2. The van der Waals surface area contributed by atoms with Gasteiger partial charge in [-0.25, -0.2) is 0 Å². The van der Waals surface area contributed by atoms with E-state index in [-0.39, 0.29) is 11.2 Å². The van der Waals surface area contributed by atoms with Crippen LogP contribution in [-0.4, -0.2) is 32.9 Å². The summed E-state index contributed by atoms with van der Waals surface area (Å²) in [5.41, 5.74) is 4.93. The van der Waals surface area contributed by atoms with Crippen LogP contribution in [0.3, 0.4) is 0 Å². The van der Waals surface area contributed by atoms with Crippen molar-refractivity contribution >= 4 is 29.0 Å². The fraction of sp³-hybridized carbons (Fsp3) is 0.750. The summed E-state index contributed by atoms with van der Waals surface area (Å²) in [5, 5.41) is 12.7. The molecular formula is C12H20N4OS2. The van der Waals surface area contributed by atoms with Gasteiger partial charge >= 0.3 is 0 Å². The molecule has 106 valence electrons. The number of nitrogens with one attached hydrogen (secondary N) is 1. The van der Waals surface area contributed by atoms with E-state index in [0.29, 0.717) is 12.5 Å². The minimum Gasteiger partial charge on any atom is -0.368 e. The first-order chi connectivity index (χ1) is 8.89. The van der Waals surface area contributed by atoms with Crippen molar-refractivity contribution in [3.8, 4) is 0 Å². The highest BCUT2D eigenvalue weighted by Crippen LogP contribution is 2.32. The number of thioether (sulfide) groups is 1. The van der Waals surface area contributed by atoms with Crippen molar-refractivity contribution in [1.29, 1.82) is 0 Å². The lowest BCUT2D eigenvalue weighted by molar-refractivity contribution is -0.124. The number of primary amides is 1. The Bertz CT molecular complexity index is 460. The maximum Gasteiger partial charge on any atom is 0.237 e. The van der Waals surface area contributed by atoms with Crippen LogP contribution in [0.5, 0.6) is 0 Å². The van der Waals surface area contributed by atoms with Crippen LogP contribution in [0.4, 0.5) is 0 Å². The number of hydrogen-bond acceptors (Lipinski definition) is 6. The molecule has 0 spiro atoms. The van der Waals surface area contributed by atoms with Crippen molar-refractivity contribution in [2.45, 2.75) is 61.2 Å². The number of nitrogens with zero attached hydrogens (tertiary/aromatic N) is 2. The highest BCUT2D eigenvalue weighted by atomic mass is 32.2. The van der Waals surface area contributed by atoms with Gasteiger partial charge in [0, 0.05) is 11.3 Å². The molecule has 1 aliphatic carbocycles. The summed E-state index contributed by atoms with van der Waals surface area (Å²) in [7, 11) is 0. The van der Waals surface area contributed by atoms with Gasteiger partial charge in [-0.1, -0.05) is 30.0 Å². The first kappa shape index (κ1) is 14.7. The molecule has 3 N–H and O–H groups in total. The second kappa shape index (κ2) is 5.76. The van der Waals surface area contributed by atoms with Crippen molar-refractivity contribution in [2.75, 3.05) is 0 Å². The first-order valence-electron chi connectivity index (χ1n) is 6.43. The van der Waals surface area contributed by atoms with Crippen LogP contribution in [0, 0.1) is 6.92 Å². The van der Waals surface area contributed by atoms with Crippen LogP contribution in [-0.2, 0) is 4.79 Å². The zero-order chi connectivity index (χ0) is 14.0. The minimum atomic E-state index is -0.632. The Labute approximate surface area is 121 Å². The summed E-state index contributed by atoms with van der Waals surface area (Å²) in [6.07, 6.45) is 2.97. The zero-order valence-corrected chi connectivity index (χ0v) is 13.1. The number of amides is 1. The van der Waals surface area contributed by atoms with Gasteiger partial charge < -0.3 is 11.1 Å². The molecule has 1 amide bonds. The molecule has 0 aliphatic heterocycles. The van der Waals surface area contributed by atoms with Gasteiger partial charge in [0.2, 0.25) is 5.91 Å². The zero-order valence-electron chi connectivity index (χ0n) is 11.5. The third-order valence-electron chi connectivity index (χ3n) is 3.15. The Hall–Kier alpha value is -0.660. The molecule has 2 unspecified atom stereocenters. The van der Waals surface area contributed by atoms with Crippen molar-refractivity contribution in [2.24, 2.45) is 5.73 Å². The lowest BCUT2D eigenvalue weighted by Gasteiger charge is -2.30.